The fourth-order valence-corrected chi connectivity index (χ4v) is 2.79. The summed E-state index contributed by atoms with van der Waals surface area (Å²) in [6, 6.07) is 8.24. The first-order valence-corrected chi connectivity index (χ1v) is 10.2. The molecule has 0 unspecified atom stereocenters. The summed E-state index contributed by atoms with van der Waals surface area (Å²) < 4.78 is 10.9. The molecule has 2 N–H and O–H groups in total. The highest BCUT2D eigenvalue weighted by atomic mass is 127. The molecule has 0 atom stereocenters. The summed E-state index contributed by atoms with van der Waals surface area (Å²) in [6.07, 6.45) is 5.36. The van der Waals surface area contributed by atoms with Gasteiger partial charge in [-0.1, -0.05) is 24.2 Å². The van der Waals surface area contributed by atoms with Gasteiger partial charge in [0.05, 0.1) is 0 Å². The largest absolute Gasteiger partial charge is 0.381 e. The Morgan fingerprint density at radius 3 is 2.62 bits per heavy atom. The molecular weight excluding hydrogens is 481 g/mol. The molecule has 1 fully saturated rings. The molecule has 29 heavy (non-hydrogen) atoms. The van der Waals surface area contributed by atoms with Gasteiger partial charge in [0, 0.05) is 45.3 Å². The number of aromatic nitrogens is 2. The zero-order chi connectivity index (χ0) is 19.6. The number of aliphatic imine (C=N–C) groups is 1. The molecule has 1 aromatic heterocycles. The van der Waals surface area contributed by atoms with Gasteiger partial charge >= 0.3 is 0 Å². The highest BCUT2D eigenvalue weighted by molar-refractivity contribution is 14.0. The van der Waals surface area contributed by atoms with Crippen LogP contribution in [0.25, 0.3) is 11.5 Å². The molecular formula is C21H32IN5O2. The summed E-state index contributed by atoms with van der Waals surface area (Å²) >= 11 is 0. The van der Waals surface area contributed by atoms with E-state index in [1.165, 1.54) is 18.4 Å². The van der Waals surface area contributed by atoms with Crippen LogP contribution in [-0.4, -0.2) is 49.5 Å². The molecule has 1 aliphatic rings. The molecule has 0 saturated heterocycles. The molecule has 1 heterocycles. The maximum Gasteiger partial charge on any atom is 0.257 e. The zero-order valence-electron chi connectivity index (χ0n) is 17.3. The highest BCUT2D eigenvalue weighted by Crippen LogP contribution is 2.28. The number of aryl methyl sites for hydroxylation is 1. The van der Waals surface area contributed by atoms with E-state index in [2.05, 4.69) is 37.9 Å². The van der Waals surface area contributed by atoms with E-state index in [1.54, 1.807) is 7.05 Å². The lowest BCUT2D eigenvalue weighted by Gasteiger charge is -2.12. The van der Waals surface area contributed by atoms with Crippen molar-refractivity contribution < 1.29 is 9.26 Å². The van der Waals surface area contributed by atoms with Crippen LogP contribution < -0.4 is 10.6 Å². The van der Waals surface area contributed by atoms with Gasteiger partial charge in [-0.05, 0) is 49.3 Å². The van der Waals surface area contributed by atoms with Crippen molar-refractivity contribution in [2.24, 2.45) is 10.9 Å². The smallest absolute Gasteiger partial charge is 0.257 e. The number of hydrogen-bond acceptors (Lipinski definition) is 5. The van der Waals surface area contributed by atoms with Crippen LogP contribution in [0, 0.1) is 5.92 Å². The van der Waals surface area contributed by atoms with Crippen LogP contribution in [0.15, 0.2) is 33.8 Å². The standard InChI is InChI=1S/C21H31N5O2.HI/c1-3-19-25-20(28-26-19)18-9-7-16(8-10-18)11-13-24-21(22-2)23-12-4-14-27-15-17-5-6-17;/h7-10,17H,3-6,11-15H2,1-2H3,(H2,22,23,24);1H. The lowest BCUT2D eigenvalue weighted by molar-refractivity contribution is 0.123. The molecule has 0 spiro atoms. The average molecular weight is 513 g/mol. The molecule has 3 rings (SSSR count). The number of halogens is 1. The minimum atomic E-state index is 0. The molecule has 0 bridgehead atoms. The van der Waals surface area contributed by atoms with Crippen LogP contribution in [-0.2, 0) is 17.6 Å². The molecule has 0 aliphatic heterocycles. The Balaban J connectivity index is 0.00000300. The van der Waals surface area contributed by atoms with Crippen molar-refractivity contribution in [3.63, 3.8) is 0 Å². The van der Waals surface area contributed by atoms with Crippen molar-refractivity contribution in [3.8, 4) is 11.5 Å². The minimum absolute atomic E-state index is 0. The van der Waals surface area contributed by atoms with Crippen LogP contribution in [0.3, 0.4) is 0 Å². The lowest BCUT2D eigenvalue weighted by atomic mass is 10.1. The van der Waals surface area contributed by atoms with E-state index in [9.17, 15) is 0 Å². The van der Waals surface area contributed by atoms with Gasteiger partial charge in [-0.2, -0.15) is 4.98 Å². The zero-order valence-corrected chi connectivity index (χ0v) is 19.6. The van der Waals surface area contributed by atoms with Gasteiger partial charge in [0.15, 0.2) is 11.8 Å². The first-order valence-electron chi connectivity index (χ1n) is 10.2. The Kier molecular flexibility index (Phi) is 10.4. The van der Waals surface area contributed by atoms with E-state index in [-0.39, 0.29) is 24.0 Å². The van der Waals surface area contributed by atoms with Gasteiger partial charge in [0.25, 0.3) is 5.89 Å². The van der Waals surface area contributed by atoms with Gasteiger partial charge < -0.3 is 19.9 Å². The maximum absolute atomic E-state index is 5.65. The van der Waals surface area contributed by atoms with Crippen molar-refractivity contribution in [2.45, 2.75) is 39.0 Å². The predicted octanol–water partition coefficient (Wildman–Crippen LogP) is 3.44. The number of ether oxygens (including phenoxy) is 1. The topological polar surface area (TPSA) is 84.6 Å². The number of benzene rings is 1. The number of nitrogens with zero attached hydrogens (tertiary/aromatic N) is 3. The average Bonchev–Trinajstić information content (AvgIpc) is 3.43. The number of nitrogens with one attached hydrogen (secondary N) is 2. The van der Waals surface area contributed by atoms with Crippen LogP contribution in [0.1, 0.15) is 37.6 Å². The molecule has 1 aromatic carbocycles. The van der Waals surface area contributed by atoms with Gasteiger partial charge in [0.1, 0.15) is 0 Å². The quantitative estimate of drug-likeness (QED) is 0.207. The third-order valence-corrected chi connectivity index (χ3v) is 4.72. The Bertz CT molecular complexity index is 744. The monoisotopic (exact) mass is 513 g/mol. The third-order valence-electron chi connectivity index (χ3n) is 4.72. The fraction of sp³-hybridized carbons (Fsp3) is 0.571. The van der Waals surface area contributed by atoms with E-state index in [1.807, 2.05) is 19.1 Å². The molecule has 1 saturated carbocycles. The summed E-state index contributed by atoms with van der Waals surface area (Å²) in [7, 11) is 1.79. The van der Waals surface area contributed by atoms with Crippen LogP contribution >= 0.6 is 24.0 Å². The summed E-state index contributed by atoms with van der Waals surface area (Å²) in [4.78, 5) is 8.63. The van der Waals surface area contributed by atoms with Crippen molar-refractivity contribution in [1.29, 1.82) is 0 Å². The molecule has 160 valence electrons. The van der Waals surface area contributed by atoms with E-state index in [4.69, 9.17) is 9.26 Å². The molecule has 8 heteroatoms. The highest BCUT2D eigenvalue weighted by Gasteiger charge is 2.20. The maximum atomic E-state index is 5.65. The molecule has 7 nitrogen and oxygen atoms in total. The fourth-order valence-electron chi connectivity index (χ4n) is 2.79. The van der Waals surface area contributed by atoms with E-state index < -0.39 is 0 Å². The molecule has 0 radical (unpaired) electrons. The van der Waals surface area contributed by atoms with E-state index in [0.717, 1.165) is 68.8 Å². The second-order valence-corrected chi connectivity index (χ2v) is 7.11. The first-order chi connectivity index (χ1) is 13.8. The normalized spacial score (nSPS) is 13.8. The number of guanidine groups is 1. The van der Waals surface area contributed by atoms with Crippen molar-refractivity contribution in [3.05, 3.63) is 35.7 Å². The summed E-state index contributed by atoms with van der Waals surface area (Å²) in [5.41, 5.74) is 2.20. The van der Waals surface area contributed by atoms with Gasteiger partial charge in [-0.15, -0.1) is 24.0 Å². The van der Waals surface area contributed by atoms with E-state index in [0.29, 0.717) is 5.89 Å². The Labute approximate surface area is 190 Å². The van der Waals surface area contributed by atoms with Gasteiger partial charge in [0.2, 0.25) is 0 Å². The van der Waals surface area contributed by atoms with Crippen LogP contribution in [0.5, 0.6) is 0 Å². The van der Waals surface area contributed by atoms with Crippen molar-refractivity contribution in [2.75, 3.05) is 33.4 Å². The summed E-state index contributed by atoms with van der Waals surface area (Å²) in [5.74, 6) is 2.97. The predicted molar refractivity (Wildman–Crippen MR) is 126 cm³/mol. The summed E-state index contributed by atoms with van der Waals surface area (Å²) in [6.45, 7) is 5.43. The second kappa shape index (κ2) is 12.8. The number of hydrogen-bond donors (Lipinski definition) is 2. The van der Waals surface area contributed by atoms with Crippen LogP contribution in [0.4, 0.5) is 0 Å². The lowest BCUT2D eigenvalue weighted by Crippen LogP contribution is -2.39. The molecule has 2 aromatic rings. The summed E-state index contributed by atoms with van der Waals surface area (Å²) in [5, 5.41) is 10.6. The Morgan fingerprint density at radius 2 is 1.97 bits per heavy atom. The third kappa shape index (κ3) is 8.30. The second-order valence-electron chi connectivity index (χ2n) is 7.11. The SMILES string of the molecule is CCc1noc(-c2ccc(CCNC(=NC)NCCCOCC3CC3)cc2)n1.I. The Hall–Kier alpha value is -1.68. The van der Waals surface area contributed by atoms with E-state index >= 15 is 0 Å². The Morgan fingerprint density at radius 1 is 1.21 bits per heavy atom. The number of rotatable bonds is 11. The van der Waals surface area contributed by atoms with Crippen molar-refractivity contribution >= 4 is 29.9 Å². The van der Waals surface area contributed by atoms with Gasteiger partial charge in [-0.25, -0.2) is 0 Å². The van der Waals surface area contributed by atoms with Crippen LogP contribution in [0.2, 0.25) is 0 Å². The van der Waals surface area contributed by atoms with Crippen molar-refractivity contribution in [1.82, 2.24) is 20.8 Å². The van der Waals surface area contributed by atoms with Gasteiger partial charge in [-0.3, -0.25) is 4.99 Å². The minimum Gasteiger partial charge on any atom is -0.381 e. The molecule has 0 amide bonds. The molecule has 1 aliphatic carbocycles. The first kappa shape index (κ1) is 23.6.